The topological polar surface area (TPSA) is 64.3 Å². The minimum atomic E-state index is 0.00502. The number of anilines is 1. The van der Waals surface area contributed by atoms with Gasteiger partial charge in [0.1, 0.15) is 5.75 Å². The summed E-state index contributed by atoms with van der Waals surface area (Å²) in [5, 5.41) is 3.43. The number of methoxy groups -OCH3 is 1. The van der Waals surface area contributed by atoms with Crippen molar-refractivity contribution in [1.29, 1.82) is 0 Å². The normalized spacial score (nSPS) is 22.9. The Hall–Kier alpha value is -1.26. The number of amides is 1. The van der Waals surface area contributed by atoms with Crippen LogP contribution in [0.15, 0.2) is 18.2 Å². The molecule has 2 unspecified atom stereocenters. The maximum Gasteiger partial charge on any atom is 0.227 e. The minimum absolute atomic E-state index is 0.00502. The third-order valence-electron chi connectivity index (χ3n) is 3.50. The molecule has 5 heteroatoms. The maximum absolute atomic E-state index is 12.2. The van der Waals surface area contributed by atoms with Gasteiger partial charge in [0.25, 0.3) is 0 Å². The molecule has 0 bridgehead atoms. The quantitative estimate of drug-likeness (QED) is 0.896. The van der Waals surface area contributed by atoms with Crippen LogP contribution in [0.5, 0.6) is 5.75 Å². The molecule has 0 saturated heterocycles. The summed E-state index contributed by atoms with van der Waals surface area (Å²) in [6.07, 6.45) is 3.70. The molecule has 1 aliphatic rings. The van der Waals surface area contributed by atoms with E-state index in [-0.39, 0.29) is 17.9 Å². The molecule has 0 radical (unpaired) electrons. The van der Waals surface area contributed by atoms with E-state index in [0.29, 0.717) is 16.5 Å². The van der Waals surface area contributed by atoms with E-state index in [1.165, 1.54) is 0 Å². The second-order valence-corrected chi connectivity index (χ2v) is 5.37. The largest absolute Gasteiger partial charge is 0.495 e. The molecule has 1 aromatic rings. The summed E-state index contributed by atoms with van der Waals surface area (Å²) in [5.41, 5.74) is 6.60. The van der Waals surface area contributed by atoms with Crippen molar-refractivity contribution >= 4 is 23.2 Å². The first-order valence-electron chi connectivity index (χ1n) is 6.50. The molecule has 1 aliphatic carbocycles. The van der Waals surface area contributed by atoms with Gasteiger partial charge in [0.2, 0.25) is 5.91 Å². The molecular weight excluding hydrogens is 264 g/mol. The summed E-state index contributed by atoms with van der Waals surface area (Å²) in [7, 11) is 1.55. The number of ether oxygens (including phenoxy) is 1. The van der Waals surface area contributed by atoms with Gasteiger partial charge in [0, 0.05) is 23.7 Å². The maximum atomic E-state index is 12.2. The van der Waals surface area contributed by atoms with Crippen molar-refractivity contribution in [2.75, 3.05) is 12.4 Å². The van der Waals surface area contributed by atoms with Crippen molar-refractivity contribution in [3.8, 4) is 5.75 Å². The van der Waals surface area contributed by atoms with Gasteiger partial charge in [-0.2, -0.15) is 0 Å². The fourth-order valence-corrected chi connectivity index (χ4v) is 2.64. The molecule has 1 aromatic carbocycles. The van der Waals surface area contributed by atoms with Crippen molar-refractivity contribution in [2.45, 2.75) is 31.7 Å². The first-order valence-corrected chi connectivity index (χ1v) is 6.88. The lowest BCUT2D eigenvalue weighted by molar-refractivity contribution is -0.120. The Labute approximate surface area is 118 Å². The van der Waals surface area contributed by atoms with Crippen molar-refractivity contribution in [3.63, 3.8) is 0 Å². The summed E-state index contributed by atoms with van der Waals surface area (Å²) < 4.78 is 5.13. The van der Waals surface area contributed by atoms with E-state index < -0.39 is 0 Å². The van der Waals surface area contributed by atoms with E-state index in [4.69, 9.17) is 22.1 Å². The highest BCUT2D eigenvalue weighted by Gasteiger charge is 2.25. The van der Waals surface area contributed by atoms with E-state index in [2.05, 4.69) is 5.32 Å². The molecular formula is C14H19ClN2O2. The molecule has 2 rings (SSSR count). The van der Waals surface area contributed by atoms with E-state index in [9.17, 15) is 4.79 Å². The third kappa shape index (κ3) is 3.61. The van der Waals surface area contributed by atoms with Crippen LogP contribution >= 0.6 is 11.6 Å². The second-order valence-electron chi connectivity index (χ2n) is 4.96. The molecule has 0 spiro atoms. The Bertz CT molecular complexity index is 465. The fourth-order valence-electron chi connectivity index (χ4n) is 2.45. The summed E-state index contributed by atoms with van der Waals surface area (Å²) in [6, 6.07) is 5.35. The number of nitrogens with one attached hydrogen (secondary N) is 1. The molecule has 19 heavy (non-hydrogen) atoms. The third-order valence-corrected chi connectivity index (χ3v) is 3.82. The number of hydrogen-bond donors (Lipinski definition) is 2. The van der Waals surface area contributed by atoms with Crippen LogP contribution in [0.1, 0.15) is 25.7 Å². The lowest BCUT2D eigenvalue weighted by Crippen LogP contribution is -2.34. The Balaban J connectivity index is 2.02. The Morgan fingerprint density at radius 1 is 1.47 bits per heavy atom. The van der Waals surface area contributed by atoms with Crippen LogP contribution in [0, 0.1) is 5.92 Å². The zero-order valence-corrected chi connectivity index (χ0v) is 11.7. The van der Waals surface area contributed by atoms with Gasteiger partial charge in [-0.3, -0.25) is 4.79 Å². The molecule has 0 aliphatic heterocycles. The van der Waals surface area contributed by atoms with Crippen LogP contribution in [0.2, 0.25) is 5.02 Å². The predicted octanol–water partition coefficient (Wildman–Crippen LogP) is 2.80. The zero-order valence-electron chi connectivity index (χ0n) is 11.0. The number of halogens is 1. The van der Waals surface area contributed by atoms with Crippen molar-refractivity contribution in [3.05, 3.63) is 23.2 Å². The molecule has 4 nitrogen and oxygen atoms in total. The first kappa shape index (κ1) is 14.2. The molecule has 2 atom stereocenters. The van der Waals surface area contributed by atoms with Gasteiger partial charge in [0.05, 0.1) is 12.1 Å². The zero-order chi connectivity index (χ0) is 13.8. The van der Waals surface area contributed by atoms with Crippen LogP contribution in [-0.2, 0) is 4.79 Å². The number of carbonyl (C=O) groups is 1. The van der Waals surface area contributed by atoms with E-state index in [0.717, 1.165) is 25.7 Å². The van der Waals surface area contributed by atoms with Gasteiger partial charge in [-0.25, -0.2) is 0 Å². The summed E-state index contributed by atoms with van der Waals surface area (Å²) in [6.45, 7) is 0. The summed E-state index contributed by atoms with van der Waals surface area (Å²) in [4.78, 5) is 12.2. The molecule has 104 valence electrons. The molecule has 3 N–H and O–H groups in total. The highest BCUT2D eigenvalue weighted by atomic mass is 35.5. The number of benzene rings is 1. The smallest absolute Gasteiger partial charge is 0.227 e. The fraction of sp³-hybridized carbons (Fsp3) is 0.500. The van der Waals surface area contributed by atoms with Crippen LogP contribution < -0.4 is 15.8 Å². The van der Waals surface area contributed by atoms with E-state index in [1.807, 2.05) is 0 Å². The van der Waals surface area contributed by atoms with Crippen molar-refractivity contribution in [1.82, 2.24) is 0 Å². The van der Waals surface area contributed by atoms with Gasteiger partial charge in [0.15, 0.2) is 0 Å². The first-order chi connectivity index (χ1) is 9.10. The van der Waals surface area contributed by atoms with Crippen molar-refractivity contribution in [2.24, 2.45) is 11.7 Å². The van der Waals surface area contributed by atoms with Crippen LogP contribution in [0.4, 0.5) is 5.69 Å². The Morgan fingerprint density at radius 2 is 2.26 bits per heavy atom. The van der Waals surface area contributed by atoms with Crippen LogP contribution in [0.25, 0.3) is 0 Å². The lowest BCUT2D eigenvalue weighted by atomic mass is 9.85. The number of hydrogen-bond acceptors (Lipinski definition) is 3. The van der Waals surface area contributed by atoms with Gasteiger partial charge >= 0.3 is 0 Å². The molecule has 0 heterocycles. The Morgan fingerprint density at radius 3 is 2.95 bits per heavy atom. The number of nitrogens with two attached hydrogens (primary N) is 1. The van der Waals surface area contributed by atoms with Gasteiger partial charge in [-0.05, 0) is 31.4 Å². The monoisotopic (exact) mass is 282 g/mol. The van der Waals surface area contributed by atoms with E-state index >= 15 is 0 Å². The van der Waals surface area contributed by atoms with Gasteiger partial charge in [-0.15, -0.1) is 0 Å². The summed E-state index contributed by atoms with van der Waals surface area (Å²) >= 11 is 5.95. The standard InChI is InChI=1S/C14H19ClN2O2/c1-19-13-8-11(5-6-12(13)15)17-14(18)9-3-2-4-10(16)7-9/h5-6,8-10H,2-4,7,16H2,1H3,(H,17,18). The average molecular weight is 283 g/mol. The van der Waals surface area contributed by atoms with Gasteiger partial charge in [-0.1, -0.05) is 18.0 Å². The molecule has 1 fully saturated rings. The average Bonchev–Trinajstić information content (AvgIpc) is 2.41. The van der Waals surface area contributed by atoms with Crippen LogP contribution in [-0.4, -0.2) is 19.1 Å². The van der Waals surface area contributed by atoms with E-state index in [1.54, 1.807) is 25.3 Å². The SMILES string of the molecule is COc1cc(NC(=O)C2CCCC(N)C2)ccc1Cl. The predicted molar refractivity (Wildman–Crippen MR) is 76.6 cm³/mol. The van der Waals surface area contributed by atoms with Gasteiger partial charge < -0.3 is 15.8 Å². The second kappa shape index (κ2) is 6.26. The molecule has 1 amide bonds. The lowest BCUT2D eigenvalue weighted by Gasteiger charge is -2.25. The Kier molecular flexibility index (Phi) is 4.66. The number of carbonyl (C=O) groups excluding carboxylic acids is 1. The summed E-state index contributed by atoms with van der Waals surface area (Å²) in [5.74, 6) is 0.588. The molecule has 0 aromatic heterocycles. The number of rotatable bonds is 3. The highest BCUT2D eigenvalue weighted by molar-refractivity contribution is 6.32. The minimum Gasteiger partial charge on any atom is -0.495 e. The van der Waals surface area contributed by atoms with Crippen molar-refractivity contribution < 1.29 is 9.53 Å². The molecule has 1 saturated carbocycles. The van der Waals surface area contributed by atoms with Crippen LogP contribution in [0.3, 0.4) is 0 Å². The highest BCUT2D eigenvalue weighted by Crippen LogP contribution is 2.29.